The summed E-state index contributed by atoms with van der Waals surface area (Å²) in [5, 5.41) is -0.239. The van der Waals surface area contributed by atoms with Gasteiger partial charge in [-0.25, -0.2) is 19.0 Å². The van der Waals surface area contributed by atoms with Crippen molar-refractivity contribution in [3.05, 3.63) is 22.6 Å². The monoisotopic (exact) mass is 243 g/mol. The molecule has 0 saturated heterocycles. The zero-order valence-electron chi connectivity index (χ0n) is 7.15. The van der Waals surface area contributed by atoms with Crippen LogP contribution in [0.5, 0.6) is 0 Å². The molecular formula is C7H6ClF4N3. The van der Waals surface area contributed by atoms with Gasteiger partial charge in [0.25, 0.3) is 6.43 Å². The topological polar surface area (TPSA) is 50.9 Å². The Hall–Kier alpha value is -1.08. The molecule has 1 heterocycles. The van der Waals surface area contributed by atoms with Gasteiger partial charge in [0, 0.05) is 5.56 Å². The molecule has 3 nitrogen and oxygen atoms in total. The first-order valence-electron chi connectivity index (χ1n) is 3.72. The SMILES string of the molecule is NNc1nc(F)c(C(F)C(F)F)cc1Cl. The third-order valence-corrected chi connectivity index (χ3v) is 1.90. The zero-order valence-corrected chi connectivity index (χ0v) is 7.90. The summed E-state index contributed by atoms with van der Waals surface area (Å²) >= 11 is 5.47. The second-order valence-corrected chi connectivity index (χ2v) is 2.99. The highest BCUT2D eigenvalue weighted by molar-refractivity contribution is 6.32. The van der Waals surface area contributed by atoms with E-state index in [1.165, 1.54) is 0 Å². The van der Waals surface area contributed by atoms with Crippen molar-refractivity contribution in [2.75, 3.05) is 5.43 Å². The van der Waals surface area contributed by atoms with E-state index in [1.807, 2.05) is 5.43 Å². The number of nitrogen functional groups attached to an aromatic ring is 1. The Morgan fingerprint density at radius 3 is 2.47 bits per heavy atom. The van der Waals surface area contributed by atoms with Crippen LogP contribution in [-0.2, 0) is 0 Å². The first-order valence-corrected chi connectivity index (χ1v) is 4.10. The van der Waals surface area contributed by atoms with Gasteiger partial charge in [-0.2, -0.15) is 9.37 Å². The number of nitrogens with zero attached hydrogens (tertiary/aromatic N) is 1. The molecule has 1 unspecified atom stereocenters. The maximum absolute atomic E-state index is 13.0. The van der Waals surface area contributed by atoms with Crippen molar-refractivity contribution in [1.82, 2.24) is 4.98 Å². The molecule has 15 heavy (non-hydrogen) atoms. The number of alkyl halides is 3. The summed E-state index contributed by atoms with van der Waals surface area (Å²) in [7, 11) is 0. The van der Waals surface area contributed by atoms with Crippen molar-refractivity contribution in [3.63, 3.8) is 0 Å². The van der Waals surface area contributed by atoms with Crippen molar-refractivity contribution in [2.45, 2.75) is 12.6 Å². The Morgan fingerprint density at radius 1 is 1.40 bits per heavy atom. The minimum absolute atomic E-state index is 0.239. The molecule has 0 radical (unpaired) electrons. The molecule has 0 aliphatic rings. The van der Waals surface area contributed by atoms with Crippen LogP contribution in [0.4, 0.5) is 23.4 Å². The Morgan fingerprint density at radius 2 is 2.00 bits per heavy atom. The second kappa shape index (κ2) is 4.63. The first-order chi connectivity index (χ1) is 6.97. The van der Waals surface area contributed by atoms with Crippen molar-refractivity contribution in [2.24, 2.45) is 5.84 Å². The minimum atomic E-state index is -3.34. The van der Waals surface area contributed by atoms with Crippen LogP contribution in [0.25, 0.3) is 0 Å². The van der Waals surface area contributed by atoms with E-state index in [0.717, 1.165) is 6.07 Å². The molecule has 1 rings (SSSR count). The molecule has 3 N–H and O–H groups in total. The average molecular weight is 244 g/mol. The summed E-state index contributed by atoms with van der Waals surface area (Å²) in [6.07, 6.45) is -6.10. The molecule has 0 amide bonds. The fraction of sp³-hybridized carbons (Fsp3) is 0.286. The highest BCUT2D eigenvalue weighted by atomic mass is 35.5. The molecule has 0 spiro atoms. The summed E-state index contributed by atoms with van der Waals surface area (Å²) in [5.41, 5.74) is 1.04. The van der Waals surface area contributed by atoms with Crippen LogP contribution in [-0.4, -0.2) is 11.4 Å². The molecule has 8 heteroatoms. The average Bonchev–Trinajstić information content (AvgIpc) is 2.19. The number of hydrogen-bond donors (Lipinski definition) is 2. The van der Waals surface area contributed by atoms with Crippen LogP contribution in [0.1, 0.15) is 11.7 Å². The van der Waals surface area contributed by atoms with Gasteiger partial charge in [-0.1, -0.05) is 11.6 Å². The van der Waals surface area contributed by atoms with E-state index in [4.69, 9.17) is 17.4 Å². The number of hydrazine groups is 1. The predicted molar refractivity (Wildman–Crippen MR) is 46.9 cm³/mol. The number of aromatic nitrogens is 1. The standard InChI is InChI=1S/C7H6ClF4N3/c8-3-1-2(4(9)5(10)11)6(12)14-7(3)15-13/h1,4-5H,13H2,(H,14,15). The summed E-state index contributed by atoms with van der Waals surface area (Å²) in [6.45, 7) is 0. The molecule has 84 valence electrons. The van der Waals surface area contributed by atoms with Gasteiger partial charge in [0.2, 0.25) is 5.95 Å². The van der Waals surface area contributed by atoms with E-state index in [-0.39, 0.29) is 10.8 Å². The van der Waals surface area contributed by atoms with Gasteiger partial charge in [0.15, 0.2) is 12.0 Å². The van der Waals surface area contributed by atoms with Crippen molar-refractivity contribution in [1.29, 1.82) is 0 Å². The molecule has 0 bridgehead atoms. The summed E-state index contributed by atoms with van der Waals surface area (Å²) in [6, 6.07) is 0.718. The van der Waals surface area contributed by atoms with E-state index < -0.39 is 24.1 Å². The highest BCUT2D eigenvalue weighted by Gasteiger charge is 2.26. The molecule has 0 aliphatic carbocycles. The maximum Gasteiger partial charge on any atom is 0.273 e. The predicted octanol–water partition coefficient (Wildman–Crippen LogP) is 2.44. The summed E-state index contributed by atoms with van der Waals surface area (Å²) in [4.78, 5) is 3.09. The maximum atomic E-state index is 13.0. The molecule has 0 fully saturated rings. The van der Waals surface area contributed by atoms with Crippen molar-refractivity contribution >= 4 is 17.4 Å². The van der Waals surface area contributed by atoms with Crippen LogP contribution in [0.3, 0.4) is 0 Å². The number of pyridine rings is 1. The van der Waals surface area contributed by atoms with E-state index in [2.05, 4.69) is 4.98 Å². The minimum Gasteiger partial charge on any atom is -0.307 e. The molecule has 1 atom stereocenters. The lowest BCUT2D eigenvalue weighted by atomic mass is 10.2. The lowest BCUT2D eigenvalue weighted by molar-refractivity contribution is 0.0472. The Kier molecular flexibility index (Phi) is 3.70. The van der Waals surface area contributed by atoms with Crippen LogP contribution in [0, 0.1) is 5.95 Å². The third-order valence-electron chi connectivity index (χ3n) is 1.61. The van der Waals surface area contributed by atoms with Crippen LogP contribution in [0.2, 0.25) is 5.02 Å². The molecule has 1 aromatic rings. The first kappa shape index (κ1) is 12.0. The number of halogens is 5. The third kappa shape index (κ3) is 2.48. The van der Waals surface area contributed by atoms with Crippen LogP contribution in [0.15, 0.2) is 6.07 Å². The van der Waals surface area contributed by atoms with Crippen LogP contribution >= 0.6 is 11.6 Å². The number of nitrogens with two attached hydrogens (primary N) is 1. The molecule has 0 aromatic carbocycles. The van der Waals surface area contributed by atoms with Crippen LogP contribution < -0.4 is 11.3 Å². The van der Waals surface area contributed by atoms with Gasteiger partial charge >= 0.3 is 0 Å². The van der Waals surface area contributed by atoms with E-state index in [1.54, 1.807) is 0 Å². The van der Waals surface area contributed by atoms with Gasteiger partial charge in [0.1, 0.15) is 0 Å². The number of anilines is 1. The quantitative estimate of drug-likeness (QED) is 0.371. The molecule has 0 aliphatic heterocycles. The largest absolute Gasteiger partial charge is 0.307 e. The lowest BCUT2D eigenvalue weighted by Gasteiger charge is -2.10. The Labute approximate surface area is 87.2 Å². The molecular weight excluding hydrogens is 238 g/mol. The highest BCUT2D eigenvalue weighted by Crippen LogP contribution is 2.30. The van der Waals surface area contributed by atoms with E-state index in [9.17, 15) is 17.6 Å². The van der Waals surface area contributed by atoms with E-state index in [0.29, 0.717) is 0 Å². The second-order valence-electron chi connectivity index (χ2n) is 2.58. The summed E-state index contributed by atoms with van der Waals surface area (Å²) in [5.74, 6) is 3.27. The van der Waals surface area contributed by atoms with Gasteiger partial charge in [0.05, 0.1) is 5.02 Å². The number of rotatable bonds is 3. The van der Waals surface area contributed by atoms with Gasteiger partial charge in [-0.15, -0.1) is 0 Å². The van der Waals surface area contributed by atoms with Gasteiger partial charge in [-0.05, 0) is 6.07 Å². The fourth-order valence-corrected chi connectivity index (χ4v) is 1.13. The summed E-state index contributed by atoms with van der Waals surface area (Å²) < 4.78 is 49.7. The van der Waals surface area contributed by atoms with Crippen molar-refractivity contribution in [3.8, 4) is 0 Å². The van der Waals surface area contributed by atoms with E-state index >= 15 is 0 Å². The smallest absolute Gasteiger partial charge is 0.273 e. The fourth-order valence-electron chi connectivity index (χ4n) is 0.911. The lowest BCUT2D eigenvalue weighted by Crippen LogP contribution is -2.13. The molecule has 1 aromatic heterocycles. The van der Waals surface area contributed by atoms with Crippen molar-refractivity contribution < 1.29 is 17.6 Å². The zero-order chi connectivity index (χ0) is 11.6. The number of nitrogens with one attached hydrogen (secondary N) is 1. The van der Waals surface area contributed by atoms with Gasteiger partial charge < -0.3 is 5.43 Å². The Balaban J connectivity index is 3.15. The normalized spacial score (nSPS) is 13.0. The Bertz CT molecular complexity index is 360. The van der Waals surface area contributed by atoms with Gasteiger partial charge in [-0.3, -0.25) is 0 Å². The molecule has 0 saturated carbocycles. The number of hydrogen-bond acceptors (Lipinski definition) is 3.